The minimum Gasteiger partial charge on any atom is -0.487 e. The van der Waals surface area contributed by atoms with Crippen LogP contribution in [0.4, 0.5) is 0 Å². The highest BCUT2D eigenvalue weighted by atomic mass is 16.6. The third kappa shape index (κ3) is 5.60. The van der Waals surface area contributed by atoms with Crippen LogP contribution in [-0.4, -0.2) is 37.7 Å². The molecule has 1 aliphatic heterocycles. The minimum atomic E-state index is -1.12. The number of nitrogens with one attached hydrogen (secondary N) is 1. The Bertz CT molecular complexity index is 768. The smallest absolute Gasteiger partial charge is 0.339 e. The molecule has 0 aromatic heterocycles. The van der Waals surface area contributed by atoms with Crippen LogP contribution >= 0.6 is 0 Å². The zero-order chi connectivity index (χ0) is 19.8. The number of esters is 3. The first kappa shape index (κ1) is 20.0. The van der Waals surface area contributed by atoms with Crippen molar-refractivity contribution in [3.8, 4) is 0 Å². The second kappa shape index (κ2) is 9.42. The summed E-state index contributed by atoms with van der Waals surface area (Å²) in [6.45, 7) is 2.51. The molecule has 0 bridgehead atoms. The number of hydrogen-bond acceptors (Lipinski definition) is 8. The minimum absolute atomic E-state index is 0.0577. The van der Waals surface area contributed by atoms with Crippen LogP contribution in [0.25, 0.3) is 0 Å². The number of dihydropyridines is 1. The Morgan fingerprint density at radius 1 is 1.04 bits per heavy atom. The monoisotopic (exact) mass is 375 g/mol. The number of ether oxygens (including phenoxy) is 4. The summed E-state index contributed by atoms with van der Waals surface area (Å²) in [5.74, 6) is -1.61. The molecule has 0 fully saturated rings. The summed E-state index contributed by atoms with van der Waals surface area (Å²) >= 11 is 0. The maximum Gasteiger partial charge on any atom is 0.339 e. The first-order chi connectivity index (χ1) is 12.9. The van der Waals surface area contributed by atoms with Gasteiger partial charge in [-0.15, -0.1) is 0 Å². The van der Waals surface area contributed by atoms with Gasteiger partial charge >= 0.3 is 17.9 Å². The molecule has 1 aromatic carbocycles. The van der Waals surface area contributed by atoms with E-state index in [0.717, 1.165) is 5.56 Å². The molecule has 8 heteroatoms. The van der Waals surface area contributed by atoms with E-state index in [1.165, 1.54) is 27.2 Å². The van der Waals surface area contributed by atoms with Gasteiger partial charge in [-0.2, -0.15) is 0 Å². The average Bonchev–Trinajstić information content (AvgIpc) is 2.65. The molecule has 1 aliphatic rings. The topological polar surface area (TPSA) is 100 Å². The van der Waals surface area contributed by atoms with Gasteiger partial charge in [0.15, 0.2) is 11.9 Å². The van der Waals surface area contributed by atoms with Gasteiger partial charge in [-0.25, -0.2) is 4.79 Å². The van der Waals surface area contributed by atoms with E-state index in [-0.39, 0.29) is 24.5 Å². The molecule has 0 amide bonds. The number of methoxy groups -OCH3 is 1. The second-order valence-corrected chi connectivity index (χ2v) is 5.62. The highest BCUT2D eigenvalue weighted by molar-refractivity contribution is 5.91. The lowest BCUT2D eigenvalue weighted by Gasteiger charge is -2.28. The molecule has 27 heavy (non-hydrogen) atoms. The van der Waals surface area contributed by atoms with E-state index in [1.807, 2.05) is 30.3 Å². The molecule has 1 heterocycles. The Labute approximate surface area is 156 Å². The average molecular weight is 375 g/mol. The second-order valence-electron chi connectivity index (χ2n) is 5.62. The van der Waals surface area contributed by atoms with Crippen LogP contribution in [-0.2, 0) is 39.9 Å². The molecule has 1 atom stereocenters. The fraction of sp³-hybridized carbons (Fsp3) is 0.316. The Hall–Kier alpha value is -3.29. The van der Waals surface area contributed by atoms with Gasteiger partial charge in [0.25, 0.3) is 0 Å². The molecule has 0 aliphatic carbocycles. The van der Waals surface area contributed by atoms with Crippen molar-refractivity contribution in [1.82, 2.24) is 5.32 Å². The normalized spacial score (nSPS) is 16.0. The molecule has 0 radical (unpaired) electrons. The summed E-state index contributed by atoms with van der Waals surface area (Å²) in [5.41, 5.74) is 1.29. The Balaban J connectivity index is 2.34. The van der Waals surface area contributed by atoms with E-state index in [1.54, 1.807) is 0 Å². The zero-order valence-electron chi connectivity index (χ0n) is 15.3. The van der Waals surface area contributed by atoms with E-state index in [4.69, 9.17) is 18.9 Å². The van der Waals surface area contributed by atoms with Gasteiger partial charge in [-0.1, -0.05) is 30.3 Å². The third-order valence-corrected chi connectivity index (χ3v) is 3.58. The summed E-state index contributed by atoms with van der Waals surface area (Å²) in [5, 5.41) is 2.85. The van der Waals surface area contributed by atoms with Crippen molar-refractivity contribution in [3.05, 3.63) is 59.1 Å². The van der Waals surface area contributed by atoms with Crippen molar-refractivity contribution in [2.75, 3.05) is 13.7 Å². The molecular weight excluding hydrogens is 354 g/mol. The lowest BCUT2D eigenvalue weighted by Crippen LogP contribution is -2.36. The van der Waals surface area contributed by atoms with E-state index in [0.29, 0.717) is 5.70 Å². The molecule has 0 saturated carbocycles. The largest absolute Gasteiger partial charge is 0.487 e. The molecule has 1 N–H and O–H groups in total. The third-order valence-electron chi connectivity index (χ3n) is 3.58. The van der Waals surface area contributed by atoms with Crippen LogP contribution < -0.4 is 5.32 Å². The van der Waals surface area contributed by atoms with Crippen LogP contribution in [0.5, 0.6) is 0 Å². The number of carbonyl (C=O) groups excluding carboxylic acids is 3. The van der Waals surface area contributed by atoms with Crippen molar-refractivity contribution < 1.29 is 33.3 Å². The number of carbonyl (C=O) groups is 3. The molecule has 8 nitrogen and oxygen atoms in total. The number of benzene rings is 1. The SMILES string of the molecule is COC(=O)C1=CNC(COC(C)=O)=C(OCc2ccccc2)C1OC(C)=O. The van der Waals surface area contributed by atoms with Crippen molar-refractivity contribution in [3.63, 3.8) is 0 Å². The molecule has 1 unspecified atom stereocenters. The molecule has 2 rings (SSSR count). The Morgan fingerprint density at radius 2 is 1.74 bits per heavy atom. The van der Waals surface area contributed by atoms with Crippen molar-refractivity contribution in [2.24, 2.45) is 0 Å². The first-order valence-corrected chi connectivity index (χ1v) is 8.17. The molecule has 1 aromatic rings. The van der Waals surface area contributed by atoms with Gasteiger partial charge in [-0.3, -0.25) is 9.59 Å². The first-order valence-electron chi connectivity index (χ1n) is 8.17. The summed E-state index contributed by atoms with van der Waals surface area (Å²) in [6.07, 6.45) is 0.221. The summed E-state index contributed by atoms with van der Waals surface area (Å²) in [6, 6.07) is 9.31. The predicted molar refractivity (Wildman–Crippen MR) is 93.7 cm³/mol. The number of rotatable bonds is 7. The van der Waals surface area contributed by atoms with E-state index >= 15 is 0 Å². The number of hydrogen-bond donors (Lipinski definition) is 1. The van der Waals surface area contributed by atoms with E-state index in [2.05, 4.69) is 5.32 Å². The summed E-state index contributed by atoms with van der Waals surface area (Å²) < 4.78 is 20.9. The predicted octanol–water partition coefficient (Wildman–Crippen LogP) is 1.57. The van der Waals surface area contributed by atoms with Gasteiger partial charge < -0.3 is 24.3 Å². The quantitative estimate of drug-likeness (QED) is 0.566. The zero-order valence-corrected chi connectivity index (χ0v) is 15.3. The van der Waals surface area contributed by atoms with Crippen LogP contribution in [0, 0.1) is 0 Å². The standard InChI is InChI=1S/C19H21NO7/c1-12(21)25-11-16-18(26-10-14-7-5-4-6-8-14)17(27-13(2)22)15(9-20-16)19(23)24-3/h4-9,17,20H,10-11H2,1-3H3. The van der Waals surface area contributed by atoms with E-state index in [9.17, 15) is 14.4 Å². The lowest BCUT2D eigenvalue weighted by molar-refractivity contribution is -0.148. The highest BCUT2D eigenvalue weighted by Crippen LogP contribution is 2.26. The Kier molecular flexibility index (Phi) is 6.99. The fourth-order valence-corrected chi connectivity index (χ4v) is 2.36. The fourth-order valence-electron chi connectivity index (χ4n) is 2.36. The maximum atomic E-state index is 12.1. The van der Waals surface area contributed by atoms with Crippen molar-refractivity contribution in [2.45, 2.75) is 26.6 Å². The molecule has 0 spiro atoms. The highest BCUT2D eigenvalue weighted by Gasteiger charge is 2.35. The maximum absolute atomic E-state index is 12.1. The van der Waals surface area contributed by atoms with Gasteiger partial charge in [-0.05, 0) is 5.56 Å². The molecule has 144 valence electrons. The van der Waals surface area contributed by atoms with Gasteiger partial charge in [0.1, 0.15) is 18.8 Å². The van der Waals surface area contributed by atoms with Crippen molar-refractivity contribution in [1.29, 1.82) is 0 Å². The van der Waals surface area contributed by atoms with Crippen LogP contribution in [0.2, 0.25) is 0 Å². The van der Waals surface area contributed by atoms with Gasteiger partial charge in [0.2, 0.25) is 0 Å². The van der Waals surface area contributed by atoms with Crippen LogP contribution in [0.15, 0.2) is 53.6 Å². The van der Waals surface area contributed by atoms with Crippen LogP contribution in [0.3, 0.4) is 0 Å². The summed E-state index contributed by atoms with van der Waals surface area (Å²) in [4.78, 5) is 34.8. The van der Waals surface area contributed by atoms with Gasteiger partial charge in [0, 0.05) is 20.0 Å². The molecular formula is C19H21NO7. The van der Waals surface area contributed by atoms with Crippen molar-refractivity contribution >= 4 is 17.9 Å². The van der Waals surface area contributed by atoms with E-state index < -0.39 is 24.0 Å². The van der Waals surface area contributed by atoms with Crippen LogP contribution in [0.1, 0.15) is 19.4 Å². The Morgan fingerprint density at radius 3 is 2.33 bits per heavy atom. The molecule has 0 saturated heterocycles. The summed E-state index contributed by atoms with van der Waals surface area (Å²) in [7, 11) is 1.22. The lowest BCUT2D eigenvalue weighted by atomic mass is 10.0. The van der Waals surface area contributed by atoms with Gasteiger partial charge in [0.05, 0.1) is 12.8 Å².